The molecule has 0 unspecified atom stereocenters. The van der Waals surface area contributed by atoms with Crippen LogP contribution in [0.3, 0.4) is 0 Å². The molecule has 136 valence electrons. The molecule has 0 heterocycles. The van der Waals surface area contributed by atoms with E-state index < -0.39 is 24.4 Å². The van der Waals surface area contributed by atoms with Gasteiger partial charge in [-0.2, -0.15) is 0 Å². The summed E-state index contributed by atoms with van der Waals surface area (Å²) in [6.07, 6.45) is 1.90. The van der Waals surface area contributed by atoms with Crippen LogP contribution in [-0.4, -0.2) is 37.8 Å². The molecule has 2 rings (SSSR count). The lowest BCUT2D eigenvalue weighted by atomic mass is 10.2. The van der Waals surface area contributed by atoms with Gasteiger partial charge >= 0.3 is 5.97 Å². The molecule has 0 spiro atoms. The van der Waals surface area contributed by atoms with Gasteiger partial charge in [-0.05, 0) is 36.6 Å². The zero-order chi connectivity index (χ0) is 18.9. The van der Waals surface area contributed by atoms with Crippen LogP contribution < -0.4 is 15.6 Å². The number of benzene rings is 2. The number of ether oxygens (including phenoxy) is 2. The van der Waals surface area contributed by atoms with Crippen molar-refractivity contribution in [1.82, 2.24) is 10.9 Å². The second kappa shape index (κ2) is 9.47. The molecule has 0 radical (unpaired) electrons. The quantitative estimate of drug-likeness (QED) is 0.457. The SMILES string of the molecule is COc1cc(SC)ccc1C(=O)OCC(=O)NNC(=O)c1ccccc1. The summed E-state index contributed by atoms with van der Waals surface area (Å²) in [5.74, 6) is -1.47. The molecule has 0 atom stereocenters. The molecule has 2 amide bonds. The molecule has 0 aromatic heterocycles. The molecular formula is C18H18N2O5S. The van der Waals surface area contributed by atoms with E-state index in [0.717, 1.165) is 4.90 Å². The van der Waals surface area contributed by atoms with Gasteiger partial charge < -0.3 is 9.47 Å². The van der Waals surface area contributed by atoms with Gasteiger partial charge in [-0.15, -0.1) is 11.8 Å². The fourth-order valence-electron chi connectivity index (χ4n) is 2.00. The second-order valence-electron chi connectivity index (χ2n) is 5.01. The number of nitrogens with one attached hydrogen (secondary N) is 2. The minimum absolute atomic E-state index is 0.214. The summed E-state index contributed by atoms with van der Waals surface area (Å²) < 4.78 is 10.1. The Bertz CT molecular complexity index is 795. The number of hydrogen-bond donors (Lipinski definition) is 2. The van der Waals surface area contributed by atoms with Crippen molar-refractivity contribution in [3.05, 3.63) is 59.7 Å². The third-order valence-electron chi connectivity index (χ3n) is 3.31. The summed E-state index contributed by atoms with van der Waals surface area (Å²) in [7, 11) is 1.45. The molecule has 2 aromatic rings. The van der Waals surface area contributed by atoms with Gasteiger partial charge in [0.25, 0.3) is 11.8 Å². The largest absolute Gasteiger partial charge is 0.496 e. The highest BCUT2D eigenvalue weighted by molar-refractivity contribution is 7.98. The van der Waals surface area contributed by atoms with Crippen molar-refractivity contribution < 1.29 is 23.9 Å². The molecule has 0 bridgehead atoms. The summed E-state index contributed by atoms with van der Waals surface area (Å²) in [5.41, 5.74) is 5.03. The van der Waals surface area contributed by atoms with Gasteiger partial charge in [0.05, 0.1) is 7.11 Å². The number of hydrazine groups is 1. The van der Waals surface area contributed by atoms with Gasteiger partial charge in [0.1, 0.15) is 11.3 Å². The van der Waals surface area contributed by atoms with Crippen LogP contribution in [-0.2, 0) is 9.53 Å². The molecule has 2 aromatic carbocycles. The molecule has 26 heavy (non-hydrogen) atoms. The van der Waals surface area contributed by atoms with Crippen LogP contribution >= 0.6 is 11.8 Å². The zero-order valence-corrected chi connectivity index (χ0v) is 15.1. The average molecular weight is 374 g/mol. The molecule has 0 fully saturated rings. The Kier molecular flexibility index (Phi) is 7.04. The first-order valence-electron chi connectivity index (χ1n) is 7.58. The van der Waals surface area contributed by atoms with Crippen molar-refractivity contribution in [2.45, 2.75) is 4.90 Å². The molecule has 7 nitrogen and oxygen atoms in total. The number of carbonyl (C=O) groups is 3. The van der Waals surface area contributed by atoms with Crippen LogP contribution in [0.1, 0.15) is 20.7 Å². The Hall–Kier alpha value is -3.00. The lowest BCUT2D eigenvalue weighted by molar-refractivity contribution is -0.125. The highest BCUT2D eigenvalue weighted by atomic mass is 32.2. The maximum absolute atomic E-state index is 12.1. The molecule has 8 heteroatoms. The van der Waals surface area contributed by atoms with E-state index in [1.165, 1.54) is 18.9 Å². The Labute approximate surface area is 155 Å². The number of rotatable bonds is 6. The van der Waals surface area contributed by atoms with Gasteiger partial charge in [0.2, 0.25) is 0 Å². The van der Waals surface area contributed by atoms with Crippen LogP contribution in [0.5, 0.6) is 5.75 Å². The van der Waals surface area contributed by atoms with E-state index in [4.69, 9.17) is 9.47 Å². The first-order chi connectivity index (χ1) is 12.5. The fourth-order valence-corrected chi connectivity index (χ4v) is 2.43. The van der Waals surface area contributed by atoms with E-state index in [1.807, 2.05) is 6.26 Å². The van der Waals surface area contributed by atoms with Gasteiger partial charge in [-0.1, -0.05) is 18.2 Å². The summed E-state index contributed by atoms with van der Waals surface area (Å²) >= 11 is 1.51. The van der Waals surface area contributed by atoms with Gasteiger partial charge in [-0.25, -0.2) is 4.79 Å². The van der Waals surface area contributed by atoms with E-state index >= 15 is 0 Å². The number of carbonyl (C=O) groups excluding carboxylic acids is 3. The molecule has 0 saturated heterocycles. The minimum atomic E-state index is -0.695. The van der Waals surface area contributed by atoms with E-state index in [0.29, 0.717) is 11.3 Å². The summed E-state index contributed by atoms with van der Waals surface area (Å²) in [6.45, 7) is -0.540. The summed E-state index contributed by atoms with van der Waals surface area (Å²) in [5, 5.41) is 0. The molecular weight excluding hydrogens is 356 g/mol. The standard InChI is InChI=1S/C18H18N2O5S/c1-24-15-10-13(26-2)8-9-14(15)18(23)25-11-16(21)19-20-17(22)12-6-4-3-5-7-12/h3-10H,11H2,1-2H3,(H,19,21)(H,20,22). The van der Waals surface area contributed by atoms with E-state index in [-0.39, 0.29) is 5.56 Å². The third-order valence-corrected chi connectivity index (χ3v) is 4.04. The fraction of sp³-hybridized carbons (Fsp3) is 0.167. The number of esters is 1. The summed E-state index contributed by atoms with van der Waals surface area (Å²) in [4.78, 5) is 36.6. The monoisotopic (exact) mass is 374 g/mol. The van der Waals surface area contributed by atoms with E-state index in [2.05, 4.69) is 10.9 Å². The highest BCUT2D eigenvalue weighted by Crippen LogP contribution is 2.25. The lowest BCUT2D eigenvalue weighted by Crippen LogP contribution is -2.43. The lowest BCUT2D eigenvalue weighted by Gasteiger charge is -2.10. The molecule has 0 saturated carbocycles. The van der Waals surface area contributed by atoms with Crippen molar-refractivity contribution in [3.8, 4) is 5.75 Å². The maximum Gasteiger partial charge on any atom is 0.342 e. The van der Waals surface area contributed by atoms with Gasteiger partial charge in [0.15, 0.2) is 6.61 Å². The minimum Gasteiger partial charge on any atom is -0.496 e. The predicted molar refractivity (Wildman–Crippen MR) is 97.1 cm³/mol. The number of methoxy groups -OCH3 is 1. The molecule has 0 aliphatic carbocycles. The van der Waals surface area contributed by atoms with Crippen LogP contribution in [0, 0.1) is 0 Å². The first kappa shape index (κ1) is 19.3. The topological polar surface area (TPSA) is 93.7 Å². The van der Waals surface area contributed by atoms with Crippen molar-refractivity contribution in [3.63, 3.8) is 0 Å². The van der Waals surface area contributed by atoms with Crippen molar-refractivity contribution in [2.24, 2.45) is 0 Å². The Morgan fingerprint density at radius 2 is 1.77 bits per heavy atom. The number of hydrogen-bond acceptors (Lipinski definition) is 6. The predicted octanol–water partition coefficient (Wildman–Crippen LogP) is 2.04. The maximum atomic E-state index is 12.1. The number of amides is 2. The van der Waals surface area contributed by atoms with E-state index in [9.17, 15) is 14.4 Å². The van der Waals surface area contributed by atoms with Crippen molar-refractivity contribution in [2.75, 3.05) is 20.0 Å². The van der Waals surface area contributed by atoms with Crippen LogP contribution in [0.2, 0.25) is 0 Å². The Morgan fingerprint density at radius 1 is 1.04 bits per heavy atom. The normalized spacial score (nSPS) is 9.92. The van der Waals surface area contributed by atoms with Gasteiger partial charge in [-0.3, -0.25) is 20.4 Å². The molecule has 2 N–H and O–H groups in total. The zero-order valence-electron chi connectivity index (χ0n) is 14.3. The van der Waals surface area contributed by atoms with Crippen LogP contribution in [0.4, 0.5) is 0 Å². The molecule has 0 aliphatic heterocycles. The Balaban J connectivity index is 1.85. The van der Waals surface area contributed by atoms with Crippen molar-refractivity contribution >= 4 is 29.5 Å². The second-order valence-corrected chi connectivity index (χ2v) is 5.89. The van der Waals surface area contributed by atoms with Crippen LogP contribution in [0.25, 0.3) is 0 Å². The smallest absolute Gasteiger partial charge is 0.342 e. The highest BCUT2D eigenvalue weighted by Gasteiger charge is 2.16. The summed E-state index contributed by atoms with van der Waals surface area (Å²) in [6, 6.07) is 13.4. The van der Waals surface area contributed by atoms with Crippen LogP contribution in [0.15, 0.2) is 53.4 Å². The van der Waals surface area contributed by atoms with Gasteiger partial charge in [0, 0.05) is 10.5 Å². The first-order valence-corrected chi connectivity index (χ1v) is 8.81. The Morgan fingerprint density at radius 3 is 2.42 bits per heavy atom. The molecule has 0 aliphatic rings. The average Bonchev–Trinajstić information content (AvgIpc) is 2.70. The number of thioether (sulfide) groups is 1. The third kappa shape index (κ3) is 5.25. The van der Waals surface area contributed by atoms with E-state index in [1.54, 1.807) is 48.5 Å². The van der Waals surface area contributed by atoms with Crippen molar-refractivity contribution in [1.29, 1.82) is 0 Å².